The first-order valence-electron chi connectivity index (χ1n) is 11.8. The van der Waals surface area contributed by atoms with Crippen LogP contribution in [0.2, 0.25) is 0 Å². The molecule has 0 bridgehead atoms. The Bertz CT molecular complexity index is 926. The summed E-state index contributed by atoms with van der Waals surface area (Å²) in [4.78, 5) is 32.6. The van der Waals surface area contributed by atoms with Crippen LogP contribution in [0.3, 0.4) is 0 Å². The average Bonchev–Trinajstić information content (AvgIpc) is 3.26. The zero-order valence-electron chi connectivity index (χ0n) is 19.4. The molecule has 172 valence electrons. The maximum Gasteiger partial charge on any atom is 0.350 e. The van der Waals surface area contributed by atoms with Crippen molar-refractivity contribution in [2.45, 2.75) is 51.5 Å². The first-order valence-corrected chi connectivity index (χ1v) is 12.6. The molecule has 2 aliphatic rings. The number of thiophene rings is 1. The molecule has 0 radical (unpaired) electrons. The monoisotopic (exact) mass is 454 g/mol. The highest BCUT2D eigenvalue weighted by atomic mass is 32.1. The third-order valence-electron chi connectivity index (χ3n) is 7.06. The number of likely N-dealkylation sites (tertiary alicyclic amines) is 1. The minimum absolute atomic E-state index is 0.0384. The number of hydrogen-bond donors (Lipinski definition) is 0. The van der Waals surface area contributed by atoms with E-state index in [9.17, 15) is 9.59 Å². The normalized spacial score (nSPS) is 22.5. The number of rotatable bonds is 5. The number of benzene rings is 1. The lowest BCUT2D eigenvalue weighted by Crippen LogP contribution is -2.49. The number of methoxy groups -OCH3 is 1. The standard InChI is InChI=1S/C26H34N2O3S/c1-18-9-11-20(12-10-18)25(29)28(21-13-15-27(2)16-14-21)22-17-23(19-7-5-4-6-8-19)32-24(22)26(30)31-3/h4-8,17-18,20-21H,9-16H2,1-3H3/t18-,20-. The fourth-order valence-electron chi connectivity index (χ4n) is 5.00. The third-order valence-corrected chi connectivity index (χ3v) is 8.21. The number of amides is 1. The van der Waals surface area contributed by atoms with Crippen LogP contribution in [0.4, 0.5) is 5.69 Å². The smallest absolute Gasteiger partial charge is 0.350 e. The van der Waals surface area contributed by atoms with E-state index in [2.05, 4.69) is 18.9 Å². The summed E-state index contributed by atoms with van der Waals surface area (Å²) in [7, 11) is 3.54. The Labute approximate surface area is 195 Å². The number of carbonyl (C=O) groups is 2. The van der Waals surface area contributed by atoms with Gasteiger partial charge >= 0.3 is 5.97 Å². The minimum atomic E-state index is -0.366. The Morgan fingerprint density at radius 3 is 2.31 bits per heavy atom. The molecule has 1 aromatic heterocycles. The van der Waals surface area contributed by atoms with Gasteiger partial charge in [-0.2, -0.15) is 0 Å². The first kappa shape index (κ1) is 23.0. The molecule has 2 aromatic rings. The van der Waals surface area contributed by atoms with E-state index >= 15 is 0 Å². The quantitative estimate of drug-likeness (QED) is 0.563. The molecule has 0 spiro atoms. The second-order valence-corrected chi connectivity index (χ2v) is 10.4. The molecule has 2 fully saturated rings. The Morgan fingerprint density at radius 1 is 1.03 bits per heavy atom. The van der Waals surface area contributed by atoms with Gasteiger partial charge in [-0.25, -0.2) is 4.79 Å². The van der Waals surface area contributed by atoms with Crippen LogP contribution in [-0.4, -0.2) is 50.1 Å². The van der Waals surface area contributed by atoms with E-state index in [1.807, 2.05) is 41.3 Å². The van der Waals surface area contributed by atoms with Crippen molar-refractivity contribution in [2.75, 3.05) is 32.1 Å². The van der Waals surface area contributed by atoms with Crippen LogP contribution >= 0.6 is 11.3 Å². The van der Waals surface area contributed by atoms with Crippen LogP contribution in [0.1, 0.15) is 55.1 Å². The summed E-state index contributed by atoms with van der Waals surface area (Å²) < 4.78 is 5.15. The summed E-state index contributed by atoms with van der Waals surface area (Å²) in [5, 5.41) is 0. The number of ether oxygens (including phenoxy) is 1. The Hall–Kier alpha value is -2.18. The van der Waals surface area contributed by atoms with Crippen LogP contribution in [0, 0.1) is 11.8 Å². The highest BCUT2D eigenvalue weighted by Crippen LogP contribution is 2.41. The lowest BCUT2D eigenvalue weighted by molar-refractivity contribution is -0.124. The van der Waals surface area contributed by atoms with Crippen molar-refractivity contribution in [3.05, 3.63) is 41.3 Å². The van der Waals surface area contributed by atoms with Gasteiger partial charge in [-0.1, -0.05) is 37.3 Å². The van der Waals surface area contributed by atoms with Crippen molar-refractivity contribution in [3.63, 3.8) is 0 Å². The van der Waals surface area contributed by atoms with Gasteiger partial charge in [0, 0.05) is 16.8 Å². The molecule has 1 saturated heterocycles. The molecular weight excluding hydrogens is 420 g/mol. The van der Waals surface area contributed by atoms with E-state index in [0.717, 1.165) is 67.7 Å². The van der Waals surface area contributed by atoms with Crippen molar-refractivity contribution in [2.24, 2.45) is 11.8 Å². The van der Waals surface area contributed by atoms with Crippen LogP contribution < -0.4 is 4.90 Å². The maximum absolute atomic E-state index is 14.0. The van der Waals surface area contributed by atoms with Gasteiger partial charge in [0.25, 0.3) is 0 Å². The van der Waals surface area contributed by atoms with Crippen molar-refractivity contribution >= 4 is 28.9 Å². The van der Waals surface area contributed by atoms with Gasteiger partial charge < -0.3 is 14.5 Å². The van der Waals surface area contributed by atoms with Crippen LogP contribution in [0.15, 0.2) is 36.4 Å². The SMILES string of the molecule is COC(=O)c1sc(-c2ccccc2)cc1N(C(=O)[C@H]1CC[C@H](C)CC1)C1CCN(C)CC1. The van der Waals surface area contributed by atoms with E-state index in [-0.39, 0.29) is 23.8 Å². The Kier molecular flexibility index (Phi) is 7.31. The maximum atomic E-state index is 14.0. The summed E-state index contributed by atoms with van der Waals surface area (Å²) in [6.07, 6.45) is 5.91. The van der Waals surface area contributed by atoms with Gasteiger partial charge in [0.1, 0.15) is 4.88 Å². The Balaban J connectivity index is 1.74. The largest absolute Gasteiger partial charge is 0.465 e. The molecule has 1 aliphatic carbocycles. The fourth-order valence-corrected chi connectivity index (χ4v) is 6.07. The minimum Gasteiger partial charge on any atom is -0.465 e. The number of anilines is 1. The molecular formula is C26H34N2O3S. The summed E-state index contributed by atoms with van der Waals surface area (Å²) in [6.45, 7) is 4.19. The van der Waals surface area contributed by atoms with Gasteiger partial charge in [-0.15, -0.1) is 11.3 Å². The number of hydrogen-bond acceptors (Lipinski definition) is 5. The highest BCUT2D eigenvalue weighted by Gasteiger charge is 2.37. The molecule has 1 saturated carbocycles. The van der Waals surface area contributed by atoms with E-state index in [1.165, 1.54) is 18.4 Å². The topological polar surface area (TPSA) is 49.9 Å². The molecule has 32 heavy (non-hydrogen) atoms. The fraction of sp³-hybridized carbons (Fsp3) is 0.538. The number of nitrogens with zero attached hydrogens (tertiary/aromatic N) is 2. The first-order chi connectivity index (χ1) is 15.5. The molecule has 0 atom stereocenters. The second-order valence-electron chi connectivity index (χ2n) is 9.38. The van der Waals surface area contributed by atoms with Crippen molar-refractivity contribution in [1.29, 1.82) is 0 Å². The molecule has 1 aromatic carbocycles. The van der Waals surface area contributed by atoms with Gasteiger partial charge in [0.15, 0.2) is 0 Å². The van der Waals surface area contributed by atoms with E-state index in [4.69, 9.17) is 4.74 Å². The molecule has 4 rings (SSSR count). The predicted molar refractivity (Wildman–Crippen MR) is 130 cm³/mol. The van der Waals surface area contributed by atoms with E-state index < -0.39 is 0 Å². The second kappa shape index (κ2) is 10.2. The van der Waals surface area contributed by atoms with Crippen molar-refractivity contribution in [1.82, 2.24) is 4.90 Å². The van der Waals surface area contributed by atoms with E-state index in [0.29, 0.717) is 10.8 Å². The summed E-state index contributed by atoms with van der Waals surface area (Å²) in [6, 6.07) is 12.2. The molecule has 0 unspecified atom stereocenters. The molecule has 1 aliphatic heterocycles. The van der Waals surface area contributed by atoms with Crippen LogP contribution in [0.5, 0.6) is 0 Å². The highest BCUT2D eigenvalue weighted by molar-refractivity contribution is 7.18. The Morgan fingerprint density at radius 2 is 1.69 bits per heavy atom. The lowest BCUT2D eigenvalue weighted by atomic mass is 9.82. The van der Waals surface area contributed by atoms with Crippen LogP contribution in [-0.2, 0) is 9.53 Å². The summed E-state index contributed by atoms with van der Waals surface area (Å²) >= 11 is 1.42. The third kappa shape index (κ3) is 4.91. The molecule has 6 heteroatoms. The average molecular weight is 455 g/mol. The zero-order valence-corrected chi connectivity index (χ0v) is 20.2. The number of piperidine rings is 1. The van der Waals surface area contributed by atoms with E-state index in [1.54, 1.807) is 0 Å². The zero-order chi connectivity index (χ0) is 22.7. The van der Waals surface area contributed by atoms with Gasteiger partial charge in [0.2, 0.25) is 5.91 Å². The van der Waals surface area contributed by atoms with Crippen molar-refractivity contribution in [3.8, 4) is 10.4 Å². The molecule has 2 heterocycles. The van der Waals surface area contributed by atoms with Crippen LogP contribution in [0.25, 0.3) is 10.4 Å². The molecule has 1 amide bonds. The lowest BCUT2D eigenvalue weighted by Gasteiger charge is -2.39. The van der Waals surface area contributed by atoms with Gasteiger partial charge in [0.05, 0.1) is 12.8 Å². The summed E-state index contributed by atoms with van der Waals surface area (Å²) in [5.41, 5.74) is 1.79. The van der Waals surface area contributed by atoms with Gasteiger partial charge in [-0.05, 0) is 76.2 Å². The van der Waals surface area contributed by atoms with Gasteiger partial charge in [-0.3, -0.25) is 4.79 Å². The summed E-state index contributed by atoms with van der Waals surface area (Å²) in [5.74, 6) is 0.549. The number of carbonyl (C=O) groups excluding carboxylic acids is 2. The molecule has 0 N–H and O–H groups in total. The van der Waals surface area contributed by atoms with Crippen molar-refractivity contribution < 1.29 is 14.3 Å². The number of esters is 1. The predicted octanol–water partition coefficient (Wildman–Crippen LogP) is 5.46. The molecule has 5 nitrogen and oxygen atoms in total.